The number of alkyl halides is 3. The standard InChI is InChI=1S/C12H14ClF3N2O/c1-3-18(2)11(19)7-17-10-5-4-8(6-9(10)13)12(14,15)16/h4-6,17H,3,7H2,1-2H3. The van der Waals surface area contributed by atoms with Crippen molar-refractivity contribution in [3.63, 3.8) is 0 Å². The van der Waals surface area contributed by atoms with Crippen molar-refractivity contribution in [1.29, 1.82) is 0 Å². The summed E-state index contributed by atoms with van der Waals surface area (Å²) < 4.78 is 37.3. The van der Waals surface area contributed by atoms with Crippen molar-refractivity contribution in [1.82, 2.24) is 4.90 Å². The molecule has 0 saturated carbocycles. The van der Waals surface area contributed by atoms with Gasteiger partial charge in [0.05, 0.1) is 22.8 Å². The maximum atomic E-state index is 12.4. The van der Waals surface area contributed by atoms with Crippen molar-refractivity contribution >= 4 is 23.2 Å². The lowest BCUT2D eigenvalue weighted by Crippen LogP contribution is -2.31. The Bertz CT molecular complexity index is 463. The second-order valence-corrected chi connectivity index (χ2v) is 4.36. The van der Waals surface area contributed by atoms with Crippen LogP contribution < -0.4 is 5.32 Å². The monoisotopic (exact) mass is 294 g/mol. The summed E-state index contributed by atoms with van der Waals surface area (Å²) in [5.41, 5.74) is -0.521. The molecule has 0 fully saturated rings. The lowest BCUT2D eigenvalue weighted by atomic mass is 10.2. The average Bonchev–Trinajstić information content (AvgIpc) is 2.34. The van der Waals surface area contributed by atoms with Crippen LogP contribution in [-0.2, 0) is 11.0 Å². The zero-order valence-electron chi connectivity index (χ0n) is 10.5. The van der Waals surface area contributed by atoms with Gasteiger partial charge >= 0.3 is 6.18 Å². The van der Waals surface area contributed by atoms with Crippen molar-refractivity contribution in [2.75, 3.05) is 25.5 Å². The normalized spacial score (nSPS) is 11.3. The lowest BCUT2D eigenvalue weighted by Gasteiger charge is -2.16. The van der Waals surface area contributed by atoms with Crippen LogP contribution in [0.1, 0.15) is 12.5 Å². The highest BCUT2D eigenvalue weighted by Gasteiger charge is 2.30. The molecule has 0 aliphatic carbocycles. The molecule has 1 aromatic rings. The summed E-state index contributed by atoms with van der Waals surface area (Å²) >= 11 is 5.74. The molecule has 1 aromatic carbocycles. The Kier molecular flexibility index (Phi) is 5.05. The summed E-state index contributed by atoms with van der Waals surface area (Å²) in [6, 6.07) is 2.96. The predicted octanol–water partition coefficient (Wildman–Crippen LogP) is 3.25. The van der Waals surface area contributed by atoms with E-state index < -0.39 is 11.7 Å². The van der Waals surface area contributed by atoms with Crippen molar-refractivity contribution < 1.29 is 18.0 Å². The van der Waals surface area contributed by atoms with Crippen LogP contribution in [0.25, 0.3) is 0 Å². The van der Waals surface area contributed by atoms with Gasteiger partial charge in [0, 0.05) is 13.6 Å². The van der Waals surface area contributed by atoms with Crippen molar-refractivity contribution in [2.24, 2.45) is 0 Å². The van der Waals surface area contributed by atoms with Gasteiger partial charge in [-0.1, -0.05) is 11.6 Å². The quantitative estimate of drug-likeness (QED) is 0.924. The van der Waals surface area contributed by atoms with Crippen LogP contribution >= 0.6 is 11.6 Å². The second kappa shape index (κ2) is 6.14. The number of hydrogen-bond acceptors (Lipinski definition) is 2. The fourth-order valence-corrected chi connectivity index (χ4v) is 1.56. The van der Waals surface area contributed by atoms with Crippen LogP contribution in [0.2, 0.25) is 5.02 Å². The molecule has 0 unspecified atom stereocenters. The minimum atomic E-state index is -4.43. The summed E-state index contributed by atoms with van der Waals surface area (Å²) in [5, 5.41) is 2.65. The highest BCUT2D eigenvalue weighted by atomic mass is 35.5. The summed E-state index contributed by atoms with van der Waals surface area (Å²) in [6.07, 6.45) is -4.43. The van der Waals surface area contributed by atoms with Gasteiger partial charge < -0.3 is 10.2 Å². The van der Waals surface area contributed by atoms with E-state index in [0.29, 0.717) is 12.2 Å². The number of rotatable bonds is 4. The molecule has 7 heteroatoms. The lowest BCUT2D eigenvalue weighted by molar-refractivity contribution is -0.137. The minimum Gasteiger partial charge on any atom is -0.375 e. The number of likely N-dealkylation sites (N-methyl/N-ethyl adjacent to an activating group) is 1. The molecule has 106 valence electrons. The summed E-state index contributed by atoms with van der Waals surface area (Å²) in [7, 11) is 1.64. The predicted molar refractivity (Wildman–Crippen MR) is 68.3 cm³/mol. The van der Waals surface area contributed by atoms with Crippen LogP contribution in [0, 0.1) is 0 Å². The average molecular weight is 295 g/mol. The van der Waals surface area contributed by atoms with E-state index >= 15 is 0 Å². The zero-order valence-corrected chi connectivity index (χ0v) is 11.3. The first kappa shape index (κ1) is 15.6. The van der Waals surface area contributed by atoms with Gasteiger partial charge in [0.2, 0.25) is 5.91 Å². The number of carbonyl (C=O) groups excluding carboxylic acids is 1. The Balaban J connectivity index is 2.74. The van der Waals surface area contributed by atoms with Crippen LogP contribution in [-0.4, -0.2) is 30.9 Å². The highest BCUT2D eigenvalue weighted by Crippen LogP contribution is 2.33. The smallest absolute Gasteiger partial charge is 0.375 e. The Morgan fingerprint density at radius 1 is 1.42 bits per heavy atom. The molecule has 1 amide bonds. The summed E-state index contributed by atoms with van der Waals surface area (Å²) in [5.74, 6) is -0.168. The molecular formula is C12H14ClF3N2O. The summed E-state index contributed by atoms with van der Waals surface area (Å²) in [4.78, 5) is 13.0. The largest absolute Gasteiger partial charge is 0.416 e. The van der Waals surface area contributed by atoms with E-state index in [-0.39, 0.29) is 17.5 Å². The van der Waals surface area contributed by atoms with Gasteiger partial charge in [0.1, 0.15) is 0 Å². The molecule has 0 heterocycles. The van der Waals surface area contributed by atoms with Crippen LogP contribution in [0.15, 0.2) is 18.2 Å². The number of nitrogens with one attached hydrogen (secondary N) is 1. The first-order valence-electron chi connectivity index (χ1n) is 5.60. The number of anilines is 1. The number of nitrogens with zero attached hydrogens (tertiary/aromatic N) is 1. The molecule has 0 spiro atoms. The van der Waals surface area contributed by atoms with Gasteiger partial charge in [-0.25, -0.2) is 0 Å². The molecule has 0 bridgehead atoms. The van der Waals surface area contributed by atoms with Gasteiger partial charge in [-0.2, -0.15) is 13.2 Å². The summed E-state index contributed by atoms with van der Waals surface area (Å²) in [6.45, 7) is 2.36. The number of carbonyl (C=O) groups is 1. The van der Waals surface area contributed by atoms with Crippen LogP contribution in [0.5, 0.6) is 0 Å². The van der Waals surface area contributed by atoms with E-state index in [1.807, 2.05) is 6.92 Å². The SMILES string of the molecule is CCN(C)C(=O)CNc1ccc(C(F)(F)F)cc1Cl. The molecule has 0 aliphatic rings. The Morgan fingerprint density at radius 2 is 2.05 bits per heavy atom. The van der Waals surface area contributed by atoms with Crippen LogP contribution in [0.3, 0.4) is 0 Å². The molecule has 19 heavy (non-hydrogen) atoms. The Labute approximate surface area is 114 Å². The first-order valence-corrected chi connectivity index (χ1v) is 5.98. The molecule has 0 aliphatic heterocycles. The van der Waals surface area contributed by atoms with Crippen molar-refractivity contribution in [3.8, 4) is 0 Å². The third kappa shape index (κ3) is 4.31. The van der Waals surface area contributed by atoms with Gasteiger partial charge in [0.15, 0.2) is 0 Å². The van der Waals surface area contributed by atoms with E-state index in [1.54, 1.807) is 7.05 Å². The molecule has 1 rings (SSSR count). The van der Waals surface area contributed by atoms with Gasteiger partial charge in [-0.15, -0.1) is 0 Å². The highest BCUT2D eigenvalue weighted by molar-refractivity contribution is 6.33. The molecule has 0 radical (unpaired) electrons. The second-order valence-electron chi connectivity index (χ2n) is 3.95. The first-order chi connectivity index (χ1) is 8.75. The third-order valence-corrected chi connectivity index (χ3v) is 2.94. The fourth-order valence-electron chi connectivity index (χ4n) is 1.32. The molecule has 0 aromatic heterocycles. The molecule has 0 saturated heterocycles. The van der Waals surface area contributed by atoms with Gasteiger partial charge in [0.25, 0.3) is 0 Å². The topological polar surface area (TPSA) is 32.3 Å². The van der Waals surface area contributed by atoms with Gasteiger partial charge in [-0.05, 0) is 25.1 Å². The molecule has 1 N–H and O–H groups in total. The molecular weight excluding hydrogens is 281 g/mol. The van der Waals surface area contributed by atoms with Crippen LogP contribution in [0.4, 0.5) is 18.9 Å². The van der Waals surface area contributed by atoms with Gasteiger partial charge in [-0.3, -0.25) is 4.79 Å². The Hall–Kier alpha value is -1.43. The molecule has 0 atom stereocenters. The number of hydrogen-bond donors (Lipinski definition) is 1. The van der Waals surface area contributed by atoms with E-state index in [4.69, 9.17) is 11.6 Å². The maximum Gasteiger partial charge on any atom is 0.416 e. The van der Waals surface area contributed by atoms with Crippen molar-refractivity contribution in [3.05, 3.63) is 28.8 Å². The number of halogens is 4. The number of benzene rings is 1. The fraction of sp³-hybridized carbons (Fsp3) is 0.417. The third-order valence-electron chi connectivity index (χ3n) is 2.63. The number of amides is 1. The minimum absolute atomic E-state index is 0.0184. The maximum absolute atomic E-state index is 12.4. The van der Waals surface area contributed by atoms with E-state index in [0.717, 1.165) is 12.1 Å². The van der Waals surface area contributed by atoms with E-state index in [1.165, 1.54) is 11.0 Å². The zero-order chi connectivity index (χ0) is 14.6. The van der Waals surface area contributed by atoms with E-state index in [2.05, 4.69) is 5.32 Å². The molecule has 3 nitrogen and oxygen atoms in total. The van der Waals surface area contributed by atoms with Crippen molar-refractivity contribution in [2.45, 2.75) is 13.1 Å². The van der Waals surface area contributed by atoms with E-state index in [9.17, 15) is 18.0 Å². The Morgan fingerprint density at radius 3 is 2.53 bits per heavy atom.